The van der Waals surface area contributed by atoms with E-state index in [-0.39, 0.29) is 37.6 Å². The van der Waals surface area contributed by atoms with Gasteiger partial charge in [-0.05, 0) is 46.0 Å². The summed E-state index contributed by atoms with van der Waals surface area (Å²) in [6.45, 7) is 12.9. The molecule has 0 aliphatic heterocycles. The van der Waals surface area contributed by atoms with Crippen molar-refractivity contribution < 1.29 is 30.9 Å². The summed E-state index contributed by atoms with van der Waals surface area (Å²) in [4.78, 5) is 9.66. The molecule has 0 spiro atoms. The van der Waals surface area contributed by atoms with Gasteiger partial charge in [0, 0.05) is 49.8 Å². The predicted octanol–water partition coefficient (Wildman–Crippen LogP) is 9.13. The second-order valence-electron chi connectivity index (χ2n) is 12.5. The van der Waals surface area contributed by atoms with Crippen LogP contribution in [-0.2, 0) is 31.9 Å². The number of hydrogen-bond acceptors (Lipinski definition) is 4. The Labute approximate surface area is 261 Å². The molecule has 0 aliphatic carbocycles. The average Bonchev–Trinajstić information content (AvgIpc) is 3.27. The first-order valence-electron chi connectivity index (χ1n) is 13.9. The summed E-state index contributed by atoms with van der Waals surface area (Å²) in [6, 6.07) is 33.2. The van der Waals surface area contributed by atoms with Gasteiger partial charge in [0.05, 0.1) is 5.69 Å². The molecule has 0 fully saturated rings. The number of aromatic nitrogens is 3. The van der Waals surface area contributed by atoms with Crippen molar-refractivity contribution in [3.05, 3.63) is 108 Å². The Kier molecular flexibility index (Phi) is 7.76. The number of benzene rings is 3. The van der Waals surface area contributed by atoms with Crippen LogP contribution in [0.4, 0.5) is 0 Å². The Bertz CT molecular complexity index is 1860. The van der Waals surface area contributed by atoms with Crippen molar-refractivity contribution >= 4 is 21.8 Å². The minimum Gasteiger partial charge on any atom is -0.507 e. The number of pyridine rings is 2. The number of para-hydroxylation sites is 2. The van der Waals surface area contributed by atoms with Gasteiger partial charge in [0.1, 0.15) is 11.6 Å². The quantitative estimate of drug-likeness (QED) is 0.184. The van der Waals surface area contributed by atoms with Gasteiger partial charge in [-0.3, -0.25) is 0 Å². The van der Waals surface area contributed by atoms with Crippen molar-refractivity contribution in [1.82, 2.24) is 14.5 Å². The molecule has 3 heterocycles. The zero-order chi connectivity index (χ0) is 28.9. The molecule has 0 amide bonds. The van der Waals surface area contributed by atoms with Crippen LogP contribution in [0.2, 0.25) is 0 Å². The van der Waals surface area contributed by atoms with E-state index in [0.29, 0.717) is 23.0 Å². The van der Waals surface area contributed by atoms with Crippen molar-refractivity contribution in [2.24, 2.45) is 0 Å². The minimum atomic E-state index is -0.233. The number of ether oxygens (including phenoxy) is 1. The maximum Gasteiger partial charge on any atom is 0.223 e. The van der Waals surface area contributed by atoms with Crippen molar-refractivity contribution in [3.8, 4) is 34.6 Å². The Hall–Kier alpha value is -3.95. The third-order valence-electron chi connectivity index (χ3n) is 7.42. The Balaban J connectivity index is 0.00000353. The van der Waals surface area contributed by atoms with E-state index in [1.807, 2.05) is 60.7 Å². The number of aromatic hydroxyl groups is 1. The third-order valence-corrected chi connectivity index (χ3v) is 7.42. The second kappa shape index (κ2) is 11.0. The summed E-state index contributed by atoms with van der Waals surface area (Å²) in [5.74, 6) is 1.81. The van der Waals surface area contributed by atoms with Crippen LogP contribution in [0.25, 0.3) is 38.9 Å². The number of phenols is 1. The van der Waals surface area contributed by atoms with Crippen molar-refractivity contribution in [1.29, 1.82) is 0 Å². The van der Waals surface area contributed by atoms with Crippen molar-refractivity contribution in [2.75, 3.05) is 0 Å². The molecule has 3 aromatic heterocycles. The summed E-state index contributed by atoms with van der Waals surface area (Å²) in [6.07, 6.45) is 0. The first-order valence-corrected chi connectivity index (χ1v) is 13.9. The number of nitrogens with zero attached hydrogens (tertiary/aromatic N) is 3. The molecule has 0 radical (unpaired) electrons. The molecule has 216 valence electrons. The molecule has 42 heavy (non-hydrogen) atoms. The van der Waals surface area contributed by atoms with Gasteiger partial charge in [-0.25, -0.2) is 4.98 Å². The molecule has 6 heteroatoms. The van der Waals surface area contributed by atoms with Crippen LogP contribution in [0, 0.1) is 6.07 Å². The first-order chi connectivity index (χ1) is 19.5. The summed E-state index contributed by atoms with van der Waals surface area (Å²) in [5, 5.41) is 13.6. The number of phenolic OH excluding ortho intramolecular Hbond substituents is 1. The van der Waals surface area contributed by atoms with Crippen LogP contribution in [0.1, 0.15) is 52.7 Å². The normalized spacial score (nSPS) is 12.0. The number of fused-ring (bicyclic) bond motifs is 3. The van der Waals surface area contributed by atoms with Gasteiger partial charge in [-0.2, -0.15) is 29.2 Å². The fourth-order valence-electron chi connectivity index (χ4n) is 5.23. The van der Waals surface area contributed by atoms with E-state index in [1.54, 1.807) is 6.07 Å². The van der Waals surface area contributed by atoms with E-state index in [0.717, 1.165) is 38.8 Å². The summed E-state index contributed by atoms with van der Waals surface area (Å²) in [7, 11) is 0. The largest absolute Gasteiger partial charge is 0.507 e. The van der Waals surface area contributed by atoms with Crippen LogP contribution in [-0.4, -0.2) is 19.6 Å². The molecular formula is C36H34N3O2Pt-. The summed E-state index contributed by atoms with van der Waals surface area (Å²) >= 11 is 0. The minimum absolute atomic E-state index is 0. The molecular weight excluding hydrogens is 701 g/mol. The maximum atomic E-state index is 11.4. The monoisotopic (exact) mass is 735 g/mol. The first kappa shape index (κ1) is 29.5. The van der Waals surface area contributed by atoms with Crippen LogP contribution in [0.15, 0.2) is 91.0 Å². The molecule has 0 unspecified atom stereocenters. The topological polar surface area (TPSA) is 60.2 Å². The fraction of sp³-hybridized carbons (Fsp3) is 0.222. The third kappa shape index (κ3) is 5.46. The molecule has 5 nitrogen and oxygen atoms in total. The smallest absolute Gasteiger partial charge is 0.223 e. The zero-order valence-corrected chi connectivity index (χ0v) is 26.9. The molecule has 1 N–H and O–H groups in total. The van der Waals surface area contributed by atoms with Gasteiger partial charge in [0.15, 0.2) is 0 Å². The van der Waals surface area contributed by atoms with E-state index in [1.165, 1.54) is 0 Å². The molecule has 6 rings (SSSR count). The number of rotatable bonds is 4. The van der Waals surface area contributed by atoms with Gasteiger partial charge >= 0.3 is 0 Å². The van der Waals surface area contributed by atoms with Gasteiger partial charge in [-0.15, -0.1) is 5.39 Å². The summed E-state index contributed by atoms with van der Waals surface area (Å²) in [5.41, 5.74) is 5.06. The van der Waals surface area contributed by atoms with Gasteiger partial charge in [0.2, 0.25) is 11.8 Å². The van der Waals surface area contributed by atoms with Crippen molar-refractivity contribution in [2.45, 2.75) is 52.4 Å². The van der Waals surface area contributed by atoms with Gasteiger partial charge in [0.25, 0.3) is 0 Å². The van der Waals surface area contributed by atoms with Crippen LogP contribution < -0.4 is 4.74 Å². The molecule has 0 atom stereocenters. The Morgan fingerprint density at radius 1 is 0.738 bits per heavy atom. The summed E-state index contributed by atoms with van der Waals surface area (Å²) < 4.78 is 8.31. The molecule has 0 saturated heterocycles. The zero-order valence-electron chi connectivity index (χ0n) is 24.7. The molecule has 0 bridgehead atoms. The van der Waals surface area contributed by atoms with Crippen molar-refractivity contribution in [3.63, 3.8) is 0 Å². The molecule has 3 aromatic carbocycles. The Morgan fingerprint density at radius 2 is 1.43 bits per heavy atom. The maximum absolute atomic E-state index is 11.4. The van der Waals surface area contributed by atoms with Crippen LogP contribution >= 0.6 is 0 Å². The molecule has 0 aliphatic rings. The van der Waals surface area contributed by atoms with E-state index >= 15 is 0 Å². The average molecular weight is 736 g/mol. The van der Waals surface area contributed by atoms with Crippen LogP contribution in [0.5, 0.6) is 17.5 Å². The van der Waals surface area contributed by atoms with E-state index in [9.17, 15) is 5.11 Å². The Morgan fingerprint density at radius 3 is 2.17 bits per heavy atom. The van der Waals surface area contributed by atoms with Gasteiger partial charge in [-0.1, -0.05) is 83.5 Å². The van der Waals surface area contributed by atoms with E-state index in [2.05, 4.69) is 76.4 Å². The second-order valence-corrected chi connectivity index (χ2v) is 12.5. The van der Waals surface area contributed by atoms with E-state index < -0.39 is 0 Å². The van der Waals surface area contributed by atoms with Gasteiger partial charge < -0.3 is 14.4 Å². The number of hydrogen-bond donors (Lipinski definition) is 1. The van der Waals surface area contributed by atoms with Crippen LogP contribution in [0.3, 0.4) is 0 Å². The molecule has 6 aromatic rings. The molecule has 0 saturated carbocycles. The fourth-order valence-corrected chi connectivity index (χ4v) is 5.23. The standard InChI is InChI=1S/C36H34N3O2.Pt/c1-35(2,3)23-21-26(34(40)27(22-23)36(4,5)6)28-15-11-19-32(37-28)41-33-20-12-18-31(38-33)39-29-16-9-7-13-24(29)25-14-8-10-17-30(25)39;/h7-16,18-22,40H,1-6H3;/q-1;. The van der Waals surface area contributed by atoms with E-state index in [4.69, 9.17) is 14.7 Å². The predicted molar refractivity (Wildman–Crippen MR) is 166 cm³/mol. The SMILES string of the molecule is CC(C)(C)c1cc(-c2cccc(Oc3cccc(-n4c5[c-]cccc5c5ccccc54)n3)n2)c(O)c(C(C)(C)C)c1.[Pt].